The number of rotatable bonds is 1. The minimum absolute atomic E-state index is 0.162. The van der Waals surface area contributed by atoms with E-state index in [2.05, 4.69) is 27.3 Å². The lowest BCUT2D eigenvalue weighted by atomic mass is 9.88. The third-order valence-corrected chi connectivity index (χ3v) is 3.24. The zero-order valence-electron chi connectivity index (χ0n) is 9.00. The molecule has 3 rings (SSSR count). The Hall–Kier alpha value is -1.59. The number of nitrogens with one attached hydrogen (secondary N) is 4. The minimum Gasteiger partial charge on any atom is -0.310 e. The molecule has 2 atom stereocenters. The smallest absolute Gasteiger partial charge is 0.310 e. The summed E-state index contributed by atoms with van der Waals surface area (Å²) in [4.78, 5) is 11.5. The number of hydrogen-bond acceptors (Lipinski definition) is 3. The molecule has 0 radical (unpaired) electrons. The van der Waals surface area contributed by atoms with Gasteiger partial charge in [0.15, 0.2) is 5.66 Å². The zero-order valence-corrected chi connectivity index (χ0v) is 9.00. The van der Waals surface area contributed by atoms with E-state index in [1.54, 1.807) is 0 Å². The van der Waals surface area contributed by atoms with Crippen molar-refractivity contribution < 1.29 is 4.79 Å². The lowest BCUT2D eigenvalue weighted by molar-refractivity contribution is 0.239. The van der Waals surface area contributed by atoms with Crippen LogP contribution in [0.4, 0.5) is 4.79 Å². The average molecular weight is 218 g/mol. The molecule has 2 aliphatic heterocycles. The summed E-state index contributed by atoms with van der Waals surface area (Å²) in [5.41, 5.74) is 1.40. The second kappa shape index (κ2) is 3.20. The van der Waals surface area contributed by atoms with E-state index >= 15 is 0 Å². The molecule has 0 saturated carbocycles. The van der Waals surface area contributed by atoms with E-state index in [1.807, 2.05) is 25.3 Å². The molecular formula is C11H14N4O. The summed E-state index contributed by atoms with van der Waals surface area (Å²) >= 11 is 0. The van der Waals surface area contributed by atoms with Gasteiger partial charge in [-0.1, -0.05) is 18.2 Å². The molecule has 0 aromatic carbocycles. The van der Waals surface area contributed by atoms with Crippen LogP contribution in [0, 0.1) is 0 Å². The predicted molar refractivity (Wildman–Crippen MR) is 60.3 cm³/mol. The second-order valence-corrected chi connectivity index (χ2v) is 4.15. The summed E-state index contributed by atoms with van der Waals surface area (Å²) in [6.45, 7) is 0. The maximum absolute atomic E-state index is 11.5. The number of urea groups is 1. The standard InChI is InChI=1S/C11H14N4O/c1-12-9-6-5-7-3-2-4-8-11(7,14-9)15-10(16)13-8/h2-5,9,12,14H,6H2,1H3,(H2,13,15,16). The van der Waals surface area contributed by atoms with Crippen molar-refractivity contribution in [2.45, 2.75) is 18.2 Å². The SMILES string of the molecule is CNC1CC=C2C=CC=C3NC(=O)NC23N1. The predicted octanol–water partition coefficient (Wildman–Crippen LogP) is -0.0856. The molecular weight excluding hydrogens is 204 g/mol. The topological polar surface area (TPSA) is 65.2 Å². The molecule has 0 aromatic heterocycles. The second-order valence-electron chi connectivity index (χ2n) is 4.15. The molecule has 4 N–H and O–H groups in total. The number of carbonyl (C=O) groups excluding carboxylic acids is 1. The highest BCUT2D eigenvalue weighted by Crippen LogP contribution is 2.33. The summed E-state index contributed by atoms with van der Waals surface area (Å²) in [7, 11) is 1.90. The van der Waals surface area contributed by atoms with Gasteiger partial charge in [0.05, 0.1) is 11.9 Å². The Labute approximate surface area is 93.7 Å². The average Bonchev–Trinajstić information content (AvgIpc) is 2.61. The summed E-state index contributed by atoms with van der Waals surface area (Å²) in [5.74, 6) is 0. The molecule has 2 unspecified atom stereocenters. The Morgan fingerprint density at radius 1 is 1.56 bits per heavy atom. The van der Waals surface area contributed by atoms with Crippen LogP contribution in [0.5, 0.6) is 0 Å². The lowest BCUT2D eigenvalue weighted by Gasteiger charge is -2.40. The Balaban J connectivity index is 2.06. The van der Waals surface area contributed by atoms with Crippen LogP contribution < -0.4 is 21.3 Å². The molecule has 3 aliphatic rings. The largest absolute Gasteiger partial charge is 0.321 e. The van der Waals surface area contributed by atoms with Crippen molar-refractivity contribution >= 4 is 6.03 Å². The van der Waals surface area contributed by atoms with Gasteiger partial charge in [-0.15, -0.1) is 0 Å². The Kier molecular flexibility index (Phi) is 1.92. The van der Waals surface area contributed by atoms with Crippen LogP contribution in [0.15, 0.2) is 35.6 Å². The van der Waals surface area contributed by atoms with Crippen molar-refractivity contribution in [1.82, 2.24) is 21.3 Å². The number of amides is 2. The van der Waals surface area contributed by atoms with Crippen LogP contribution in [0.3, 0.4) is 0 Å². The van der Waals surface area contributed by atoms with Gasteiger partial charge in [-0.3, -0.25) is 5.32 Å². The fraction of sp³-hybridized carbons (Fsp3) is 0.364. The third-order valence-electron chi connectivity index (χ3n) is 3.24. The molecule has 2 heterocycles. The monoisotopic (exact) mass is 218 g/mol. The van der Waals surface area contributed by atoms with E-state index in [-0.39, 0.29) is 12.2 Å². The van der Waals surface area contributed by atoms with E-state index < -0.39 is 5.66 Å². The van der Waals surface area contributed by atoms with Gasteiger partial charge in [0.25, 0.3) is 0 Å². The number of carbonyl (C=O) groups is 1. The molecule has 1 saturated heterocycles. The molecule has 16 heavy (non-hydrogen) atoms. The highest BCUT2D eigenvalue weighted by molar-refractivity contribution is 5.84. The fourth-order valence-electron chi connectivity index (χ4n) is 2.43. The maximum Gasteiger partial charge on any atom is 0.321 e. The normalized spacial score (nSPS) is 35.6. The molecule has 0 aromatic rings. The Morgan fingerprint density at radius 2 is 2.44 bits per heavy atom. The molecule has 1 fully saturated rings. The van der Waals surface area contributed by atoms with E-state index in [0.717, 1.165) is 17.7 Å². The van der Waals surface area contributed by atoms with Gasteiger partial charge < -0.3 is 16.0 Å². The molecule has 2 amide bonds. The van der Waals surface area contributed by atoms with Crippen LogP contribution in [0.2, 0.25) is 0 Å². The van der Waals surface area contributed by atoms with Crippen LogP contribution in [-0.4, -0.2) is 24.9 Å². The summed E-state index contributed by atoms with van der Waals surface area (Å²) in [6.07, 6.45) is 9.11. The molecule has 1 aliphatic carbocycles. The van der Waals surface area contributed by atoms with Gasteiger partial charge in [0.2, 0.25) is 0 Å². The van der Waals surface area contributed by atoms with E-state index in [1.165, 1.54) is 0 Å². The summed E-state index contributed by atoms with van der Waals surface area (Å²) < 4.78 is 0. The van der Waals surface area contributed by atoms with Crippen molar-refractivity contribution in [2.75, 3.05) is 7.05 Å². The Bertz CT molecular complexity index is 437. The first-order chi connectivity index (χ1) is 7.74. The molecule has 0 bridgehead atoms. The molecule has 84 valence electrons. The first-order valence-electron chi connectivity index (χ1n) is 5.38. The molecule has 5 nitrogen and oxygen atoms in total. The van der Waals surface area contributed by atoms with E-state index in [9.17, 15) is 4.79 Å². The van der Waals surface area contributed by atoms with Gasteiger partial charge in [-0.2, -0.15) is 0 Å². The van der Waals surface area contributed by atoms with Crippen molar-refractivity contribution in [3.63, 3.8) is 0 Å². The number of hydrogen-bond donors (Lipinski definition) is 4. The van der Waals surface area contributed by atoms with Gasteiger partial charge in [-0.25, -0.2) is 4.79 Å². The van der Waals surface area contributed by atoms with Gasteiger partial charge in [0, 0.05) is 0 Å². The minimum atomic E-state index is -0.558. The van der Waals surface area contributed by atoms with Crippen LogP contribution in [0.1, 0.15) is 6.42 Å². The van der Waals surface area contributed by atoms with Crippen LogP contribution in [0.25, 0.3) is 0 Å². The van der Waals surface area contributed by atoms with E-state index in [0.29, 0.717) is 0 Å². The van der Waals surface area contributed by atoms with Crippen molar-refractivity contribution in [3.8, 4) is 0 Å². The van der Waals surface area contributed by atoms with Crippen molar-refractivity contribution in [2.24, 2.45) is 0 Å². The van der Waals surface area contributed by atoms with E-state index in [4.69, 9.17) is 0 Å². The highest BCUT2D eigenvalue weighted by Gasteiger charge is 2.48. The lowest BCUT2D eigenvalue weighted by Crippen LogP contribution is -2.64. The quantitative estimate of drug-likeness (QED) is 0.497. The molecule has 5 heteroatoms. The fourth-order valence-corrected chi connectivity index (χ4v) is 2.43. The van der Waals surface area contributed by atoms with Crippen LogP contribution >= 0.6 is 0 Å². The van der Waals surface area contributed by atoms with Gasteiger partial charge in [-0.05, 0) is 25.1 Å². The summed E-state index contributed by atoms with van der Waals surface area (Å²) in [6, 6.07) is -0.162. The van der Waals surface area contributed by atoms with Gasteiger partial charge >= 0.3 is 6.03 Å². The van der Waals surface area contributed by atoms with Crippen LogP contribution in [-0.2, 0) is 0 Å². The highest BCUT2D eigenvalue weighted by atomic mass is 16.2. The first kappa shape index (κ1) is 9.62. The first-order valence-corrected chi connectivity index (χ1v) is 5.38. The Morgan fingerprint density at radius 3 is 3.25 bits per heavy atom. The number of allylic oxidation sites excluding steroid dienone is 2. The maximum atomic E-state index is 11.5. The zero-order chi connectivity index (χ0) is 11.2. The third kappa shape index (κ3) is 1.15. The summed E-state index contributed by atoms with van der Waals surface area (Å²) in [5, 5.41) is 12.4. The van der Waals surface area contributed by atoms with Crippen molar-refractivity contribution in [3.05, 3.63) is 35.6 Å². The van der Waals surface area contributed by atoms with Crippen molar-refractivity contribution in [1.29, 1.82) is 0 Å². The molecule has 1 spiro atoms. The van der Waals surface area contributed by atoms with Gasteiger partial charge in [0.1, 0.15) is 0 Å².